The van der Waals surface area contributed by atoms with Gasteiger partial charge < -0.3 is 10.2 Å². The lowest BCUT2D eigenvalue weighted by Crippen LogP contribution is -2.35. The van der Waals surface area contributed by atoms with Crippen molar-refractivity contribution < 1.29 is 0 Å². The summed E-state index contributed by atoms with van der Waals surface area (Å²) in [6.07, 6.45) is 6.41. The number of hydrogen-bond donors (Lipinski definition) is 1. The molecule has 82 valence electrons. The topological polar surface area (TPSA) is 28.2 Å². The largest absolute Gasteiger partial charge is 0.311 e. The van der Waals surface area contributed by atoms with Gasteiger partial charge in [-0.3, -0.25) is 4.98 Å². The SMILES string of the molecule is CN1CCCC1CNCc1cccnc1. The van der Waals surface area contributed by atoms with Crippen LogP contribution in [0, 0.1) is 0 Å². The molecule has 1 atom stereocenters. The second-order valence-electron chi connectivity index (χ2n) is 4.27. The number of pyridine rings is 1. The third kappa shape index (κ3) is 3.01. The minimum absolute atomic E-state index is 0.724. The first-order chi connectivity index (χ1) is 7.36. The van der Waals surface area contributed by atoms with Crippen LogP contribution in [0.15, 0.2) is 24.5 Å². The monoisotopic (exact) mass is 205 g/mol. The van der Waals surface area contributed by atoms with Crippen molar-refractivity contribution in [1.29, 1.82) is 0 Å². The van der Waals surface area contributed by atoms with Gasteiger partial charge in [-0.1, -0.05) is 6.07 Å². The number of nitrogens with one attached hydrogen (secondary N) is 1. The van der Waals surface area contributed by atoms with Gasteiger partial charge in [0.1, 0.15) is 0 Å². The van der Waals surface area contributed by atoms with E-state index in [9.17, 15) is 0 Å². The van der Waals surface area contributed by atoms with E-state index >= 15 is 0 Å². The van der Waals surface area contributed by atoms with Crippen LogP contribution < -0.4 is 5.32 Å². The molecule has 3 heteroatoms. The van der Waals surface area contributed by atoms with Crippen molar-refractivity contribution in [1.82, 2.24) is 15.2 Å². The molecule has 0 aromatic carbocycles. The zero-order valence-corrected chi connectivity index (χ0v) is 9.32. The summed E-state index contributed by atoms with van der Waals surface area (Å²) in [6, 6.07) is 4.82. The lowest BCUT2D eigenvalue weighted by molar-refractivity contribution is 0.300. The molecule has 1 unspecified atom stereocenters. The lowest BCUT2D eigenvalue weighted by atomic mass is 10.2. The molecule has 1 saturated heterocycles. The van der Waals surface area contributed by atoms with Crippen LogP contribution in [-0.2, 0) is 6.54 Å². The standard InChI is InChI=1S/C12H19N3/c1-15-7-3-5-12(15)10-14-9-11-4-2-6-13-8-11/h2,4,6,8,12,14H,3,5,7,9-10H2,1H3. The minimum Gasteiger partial charge on any atom is -0.311 e. The highest BCUT2D eigenvalue weighted by molar-refractivity contribution is 5.07. The molecule has 15 heavy (non-hydrogen) atoms. The fourth-order valence-corrected chi connectivity index (χ4v) is 2.12. The van der Waals surface area contributed by atoms with Crippen LogP contribution in [0.4, 0.5) is 0 Å². The van der Waals surface area contributed by atoms with Gasteiger partial charge in [0.05, 0.1) is 0 Å². The molecule has 1 fully saturated rings. The average Bonchev–Trinajstić information content (AvgIpc) is 2.66. The van der Waals surface area contributed by atoms with Gasteiger partial charge in [-0.05, 0) is 38.1 Å². The zero-order valence-electron chi connectivity index (χ0n) is 9.32. The zero-order chi connectivity index (χ0) is 10.5. The van der Waals surface area contributed by atoms with Gasteiger partial charge in [-0.15, -0.1) is 0 Å². The van der Waals surface area contributed by atoms with Gasteiger partial charge in [-0.2, -0.15) is 0 Å². The molecular weight excluding hydrogens is 186 g/mol. The normalized spacial score (nSPS) is 22.1. The fourth-order valence-electron chi connectivity index (χ4n) is 2.12. The van der Waals surface area contributed by atoms with Gasteiger partial charge in [0.15, 0.2) is 0 Å². The summed E-state index contributed by atoms with van der Waals surface area (Å²) in [5.74, 6) is 0. The quantitative estimate of drug-likeness (QED) is 0.802. The molecule has 1 aromatic rings. The average molecular weight is 205 g/mol. The van der Waals surface area contributed by atoms with E-state index < -0.39 is 0 Å². The number of aromatic nitrogens is 1. The number of rotatable bonds is 4. The van der Waals surface area contributed by atoms with E-state index in [0.717, 1.165) is 19.1 Å². The highest BCUT2D eigenvalue weighted by atomic mass is 15.2. The maximum absolute atomic E-state index is 4.10. The molecule has 0 amide bonds. The van der Waals surface area contributed by atoms with Crippen LogP contribution in [0.2, 0.25) is 0 Å². The molecule has 0 spiro atoms. The van der Waals surface area contributed by atoms with E-state index in [2.05, 4.69) is 28.3 Å². The van der Waals surface area contributed by atoms with E-state index in [1.54, 1.807) is 0 Å². The van der Waals surface area contributed by atoms with Crippen molar-refractivity contribution in [3.8, 4) is 0 Å². The first-order valence-electron chi connectivity index (χ1n) is 5.66. The summed E-state index contributed by atoms with van der Waals surface area (Å²) in [6.45, 7) is 3.27. The Labute approximate surface area is 91.5 Å². The summed E-state index contributed by atoms with van der Waals surface area (Å²) in [5.41, 5.74) is 1.26. The van der Waals surface area contributed by atoms with Gasteiger partial charge in [0.25, 0.3) is 0 Å². The van der Waals surface area contributed by atoms with E-state index in [1.165, 1.54) is 24.9 Å². The van der Waals surface area contributed by atoms with E-state index in [0.29, 0.717) is 0 Å². The Morgan fingerprint density at radius 1 is 1.60 bits per heavy atom. The lowest BCUT2D eigenvalue weighted by Gasteiger charge is -2.19. The number of likely N-dealkylation sites (N-methyl/N-ethyl adjacent to an activating group) is 1. The molecule has 3 nitrogen and oxygen atoms in total. The number of likely N-dealkylation sites (tertiary alicyclic amines) is 1. The van der Waals surface area contributed by atoms with Gasteiger partial charge >= 0.3 is 0 Å². The van der Waals surface area contributed by atoms with Gasteiger partial charge in [-0.25, -0.2) is 0 Å². The Morgan fingerprint density at radius 2 is 2.53 bits per heavy atom. The van der Waals surface area contributed by atoms with Crippen LogP contribution in [-0.4, -0.2) is 36.1 Å². The molecular formula is C12H19N3. The Morgan fingerprint density at radius 3 is 3.20 bits per heavy atom. The van der Waals surface area contributed by atoms with Crippen LogP contribution in [0.5, 0.6) is 0 Å². The van der Waals surface area contributed by atoms with Crippen LogP contribution >= 0.6 is 0 Å². The predicted octanol–water partition coefficient (Wildman–Crippen LogP) is 1.27. The van der Waals surface area contributed by atoms with Gasteiger partial charge in [0.2, 0.25) is 0 Å². The summed E-state index contributed by atoms with van der Waals surface area (Å²) < 4.78 is 0. The highest BCUT2D eigenvalue weighted by Crippen LogP contribution is 2.13. The Bertz CT molecular complexity index is 286. The van der Waals surface area contributed by atoms with Crippen LogP contribution in [0.3, 0.4) is 0 Å². The van der Waals surface area contributed by atoms with Crippen molar-refractivity contribution >= 4 is 0 Å². The second kappa shape index (κ2) is 5.24. The molecule has 1 aromatic heterocycles. The maximum Gasteiger partial charge on any atom is 0.0312 e. The maximum atomic E-state index is 4.10. The summed E-state index contributed by atoms with van der Waals surface area (Å²) >= 11 is 0. The van der Waals surface area contributed by atoms with Crippen molar-refractivity contribution in [3.05, 3.63) is 30.1 Å². The predicted molar refractivity (Wildman–Crippen MR) is 61.6 cm³/mol. The first-order valence-corrected chi connectivity index (χ1v) is 5.66. The molecule has 0 radical (unpaired) electrons. The fraction of sp³-hybridized carbons (Fsp3) is 0.583. The molecule has 0 aliphatic carbocycles. The van der Waals surface area contributed by atoms with Crippen LogP contribution in [0.1, 0.15) is 18.4 Å². The minimum atomic E-state index is 0.724. The Kier molecular flexibility index (Phi) is 3.69. The van der Waals surface area contributed by atoms with Crippen molar-refractivity contribution in [2.75, 3.05) is 20.1 Å². The highest BCUT2D eigenvalue weighted by Gasteiger charge is 2.19. The first kappa shape index (κ1) is 10.6. The number of hydrogen-bond acceptors (Lipinski definition) is 3. The molecule has 2 rings (SSSR count). The molecule has 0 bridgehead atoms. The summed E-state index contributed by atoms with van der Waals surface area (Å²) in [4.78, 5) is 6.54. The molecule has 2 heterocycles. The van der Waals surface area contributed by atoms with E-state index in [4.69, 9.17) is 0 Å². The second-order valence-corrected chi connectivity index (χ2v) is 4.27. The van der Waals surface area contributed by atoms with E-state index in [1.807, 2.05) is 18.5 Å². The Balaban J connectivity index is 1.71. The summed E-state index contributed by atoms with van der Waals surface area (Å²) in [5, 5.41) is 3.49. The van der Waals surface area contributed by atoms with Crippen molar-refractivity contribution in [2.24, 2.45) is 0 Å². The molecule has 1 aliphatic heterocycles. The Hall–Kier alpha value is -0.930. The summed E-state index contributed by atoms with van der Waals surface area (Å²) in [7, 11) is 2.21. The van der Waals surface area contributed by atoms with Crippen molar-refractivity contribution in [3.63, 3.8) is 0 Å². The third-order valence-electron chi connectivity index (χ3n) is 3.10. The number of nitrogens with zero attached hydrogens (tertiary/aromatic N) is 2. The van der Waals surface area contributed by atoms with Gasteiger partial charge in [0, 0.05) is 31.5 Å². The van der Waals surface area contributed by atoms with Crippen molar-refractivity contribution in [2.45, 2.75) is 25.4 Å². The molecule has 1 N–H and O–H groups in total. The molecule has 1 aliphatic rings. The van der Waals surface area contributed by atoms with E-state index in [-0.39, 0.29) is 0 Å². The molecule has 0 saturated carbocycles. The smallest absolute Gasteiger partial charge is 0.0312 e. The third-order valence-corrected chi connectivity index (χ3v) is 3.10. The van der Waals surface area contributed by atoms with Crippen LogP contribution in [0.25, 0.3) is 0 Å².